The van der Waals surface area contributed by atoms with E-state index in [-0.39, 0.29) is 51.2 Å². The molecular weight excluding hydrogens is 544 g/mol. The van der Waals surface area contributed by atoms with E-state index in [2.05, 4.69) is 0 Å². The number of benzene rings is 8. The molecule has 0 unspecified atom stereocenters. The van der Waals surface area contributed by atoms with E-state index in [1.54, 1.807) is 60.7 Å². The summed E-state index contributed by atoms with van der Waals surface area (Å²) < 4.78 is 146. The number of fused-ring (bicyclic) bond motifs is 5. The molecule has 1 heterocycles. The van der Waals surface area contributed by atoms with Crippen molar-refractivity contribution in [3.05, 3.63) is 169 Å². The molecule has 0 spiro atoms. The van der Waals surface area contributed by atoms with Crippen LogP contribution >= 0.6 is 0 Å². The van der Waals surface area contributed by atoms with Crippen LogP contribution in [-0.4, -0.2) is 0 Å². The molecule has 9 rings (SSSR count). The van der Waals surface area contributed by atoms with Crippen LogP contribution in [0, 0.1) is 0 Å². The third-order valence-corrected chi connectivity index (χ3v) is 7.91. The van der Waals surface area contributed by atoms with Crippen molar-refractivity contribution in [2.75, 3.05) is 0 Å². The van der Waals surface area contributed by atoms with Gasteiger partial charge in [0.25, 0.3) is 0 Å². The minimum atomic E-state index is -0.695. The van der Waals surface area contributed by atoms with E-state index < -0.39 is 89.7 Å². The minimum Gasteiger partial charge on any atom is -0.456 e. The quantitative estimate of drug-likeness (QED) is 0.186. The lowest BCUT2D eigenvalue weighted by atomic mass is 9.84. The van der Waals surface area contributed by atoms with Crippen LogP contribution in [0.1, 0.15) is 21.9 Å². The van der Waals surface area contributed by atoms with Gasteiger partial charge in [0.1, 0.15) is 11.2 Å². The summed E-state index contributed by atoms with van der Waals surface area (Å²) in [5.41, 5.74) is 0.449. The molecule has 0 fully saturated rings. The highest BCUT2D eigenvalue weighted by molar-refractivity contribution is 6.23. The molecule has 0 saturated carbocycles. The standard InChI is InChI=1S/C44H28O/c1-3-13-29(14-4-1)31-23-25-34-35-26-24-32(28-42(35)45-41(34)27-31)43-37-19-9-11-21-39(37)44(40-22-12-10-20-38(40)43)36-18-8-7-17-33(36)30-15-5-2-6-16-30/h1-28H/i1D,2D,3D,4D,5D,6D,13D,14D,15D,16D,23D,24D,25D,26D,27D,28D. The molecule has 0 atom stereocenters. The average molecular weight is 589 g/mol. The summed E-state index contributed by atoms with van der Waals surface area (Å²) in [4.78, 5) is 0. The number of hydrogen-bond donors (Lipinski definition) is 0. The van der Waals surface area contributed by atoms with E-state index >= 15 is 0 Å². The van der Waals surface area contributed by atoms with Gasteiger partial charge in [0.2, 0.25) is 0 Å². The second kappa shape index (κ2) is 10.4. The summed E-state index contributed by atoms with van der Waals surface area (Å²) in [6.45, 7) is 0. The zero-order valence-corrected chi connectivity index (χ0v) is 23.3. The predicted molar refractivity (Wildman–Crippen MR) is 190 cm³/mol. The van der Waals surface area contributed by atoms with E-state index in [4.69, 9.17) is 22.2 Å². The molecule has 210 valence electrons. The van der Waals surface area contributed by atoms with Crippen molar-refractivity contribution >= 4 is 43.5 Å². The van der Waals surface area contributed by atoms with Gasteiger partial charge in [-0.15, -0.1) is 0 Å². The Labute approximate surface area is 284 Å². The fourth-order valence-electron chi connectivity index (χ4n) is 6.00. The summed E-state index contributed by atoms with van der Waals surface area (Å²) in [6.07, 6.45) is 0. The van der Waals surface area contributed by atoms with Crippen LogP contribution in [-0.2, 0) is 0 Å². The summed E-state index contributed by atoms with van der Waals surface area (Å²) in [5.74, 6) is 0. The SMILES string of the molecule is [2H]c1c([2H])c([2H])c(-c2ccccc2-c2c3ccccc3c(-c3c([2H])c([2H])c4c(oc5c([2H])c(-c6c([2H])c([2H])c([2H])c([2H])c6[2H])c([2H])c([2H])c54)c3[2H])c3ccccc23)c([2H])c1[2H]. The summed E-state index contributed by atoms with van der Waals surface area (Å²) in [5, 5.41) is 1.97. The lowest BCUT2D eigenvalue weighted by Gasteiger charge is -2.19. The summed E-state index contributed by atoms with van der Waals surface area (Å²) in [6, 6.07) is 12.7. The monoisotopic (exact) mass is 588 g/mol. The molecule has 0 aliphatic carbocycles. The van der Waals surface area contributed by atoms with Crippen molar-refractivity contribution < 1.29 is 26.3 Å². The molecule has 0 saturated heterocycles. The lowest BCUT2D eigenvalue weighted by molar-refractivity contribution is 0.669. The number of rotatable bonds is 4. The molecule has 0 bridgehead atoms. The Hall–Kier alpha value is -5.92. The Kier molecular flexibility index (Phi) is 3.28. The molecule has 1 aromatic heterocycles. The molecule has 1 heteroatoms. The van der Waals surface area contributed by atoms with Crippen molar-refractivity contribution in [2.24, 2.45) is 0 Å². The number of hydrogen-bond acceptors (Lipinski definition) is 1. The van der Waals surface area contributed by atoms with Crippen LogP contribution in [0.2, 0.25) is 0 Å². The topological polar surface area (TPSA) is 13.1 Å². The van der Waals surface area contributed by atoms with Gasteiger partial charge in [0.15, 0.2) is 0 Å². The molecule has 1 nitrogen and oxygen atoms in total. The van der Waals surface area contributed by atoms with Crippen LogP contribution < -0.4 is 0 Å². The Morgan fingerprint density at radius 1 is 0.356 bits per heavy atom. The van der Waals surface area contributed by atoms with Gasteiger partial charge in [-0.25, -0.2) is 0 Å². The van der Waals surface area contributed by atoms with E-state index in [0.29, 0.717) is 43.8 Å². The zero-order valence-electron chi connectivity index (χ0n) is 39.3. The normalized spacial score (nSPS) is 16.5. The number of furan rings is 1. The van der Waals surface area contributed by atoms with E-state index in [1.807, 2.05) is 12.1 Å². The molecule has 0 aliphatic heterocycles. The maximum absolute atomic E-state index is 9.64. The van der Waals surface area contributed by atoms with Gasteiger partial charge in [-0.3, -0.25) is 0 Å². The van der Waals surface area contributed by atoms with E-state index in [1.165, 1.54) is 0 Å². The highest BCUT2D eigenvalue weighted by atomic mass is 16.3. The van der Waals surface area contributed by atoms with Crippen LogP contribution in [0.5, 0.6) is 0 Å². The minimum absolute atomic E-state index is 0.00980. The second-order valence-corrected chi connectivity index (χ2v) is 10.4. The third kappa shape index (κ3) is 4.17. The molecule has 0 aliphatic rings. The average Bonchev–Trinajstić information content (AvgIpc) is 3.68. The van der Waals surface area contributed by atoms with Crippen LogP contribution in [0.15, 0.2) is 174 Å². The smallest absolute Gasteiger partial charge is 0.136 e. The molecule has 8 aromatic carbocycles. The van der Waals surface area contributed by atoms with Crippen LogP contribution in [0.25, 0.3) is 88.0 Å². The Morgan fingerprint density at radius 3 is 1.42 bits per heavy atom. The molecule has 9 aromatic rings. The Morgan fingerprint density at radius 2 is 0.822 bits per heavy atom. The van der Waals surface area contributed by atoms with Gasteiger partial charge in [0.05, 0.1) is 21.9 Å². The molecule has 45 heavy (non-hydrogen) atoms. The highest BCUT2D eigenvalue weighted by Gasteiger charge is 2.19. The van der Waals surface area contributed by atoms with E-state index in [0.717, 1.165) is 0 Å². The van der Waals surface area contributed by atoms with Gasteiger partial charge >= 0.3 is 0 Å². The van der Waals surface area contributed by atoms with Crippen molar-refractivity contribution in [1.29, 1.82) is 0 Å². The Balaban J connectivity index is 1.38. The van der Waals surface area contributed by atoms with Gasteiger partial charge in [-0.05, 0) is 90.2 Å². The maximum Gasteiger partial charge on any atom is 0.136 e. The lowest BCUT2D eigenvalue weighted by Crippen LogP contribution is -1.92. The second-order valence-electron chi connectivity index (χ2n) is 10.4. The van der Waals surface area contributed by atoms with Gasteiger partial charge in [-0.1, -0.05) is 145 Å². The van der Waals surface area contributed by atoms with Crippen molar-refractivity contribution in [1.82, 2.24) is 0 Å². The first-order valence-corrected chi connectivity index (χ1v) is 14.1. The first kappa shape index (κ1) is 14.2. The van der Waals surface area contributed by atoms with E-state index in [9.17, 15) is 4.11 Å². The van der Waals surface area contributed by atoms with Gasteiger partial charge in [-0.2, -0.15) is 0 Å². The molecule has 0 radical (unpaired) electrons. The summed E-state index contributed by atoms with van der Waals surface area (Å²) in [7, 11) is 0. The van der Waals surface area contributed by atoms with Gasteiger partial charge < -0.3 is 4.42 Å². The largest absolute Gasteiger partial charge is 0.456 e. The zero-order chi connectivity index (χ0) is 43.7. The first-order valence-electron chi connectivity index (χ1n) is 22.1. The fourth-order valence-corrected chi connectivity index (χ4v) is 6.00. The van der Waals surface area contributed by atoms with Gasteiger partial charge in [0, 0.05) is 10.8 Å². The summed E-state index contributed by atoms with van der Waals surface area (Å²) >= 11 is 0. The van der Waals surface area contributed by atoms with Crippen molar-refractivity contribution in [3.8, 4) is 44.5 Å². The third-order valence-electron chi connectivity index (χ3n) is 7.91. The maximum atomic E-state index is 9.64. The van der Waals surface area contributed by atoms with Crippen LogP contribution in [0.4, 0.5) is 0 Å². The fraction of sp³-hybridized carbons (Fsp3) is 0. The predicted octanol–water partition coefficient (Wildman–Crippen LogP) is 12.6. The van der Waals surface area contributed by atoms with Crippen molar-refractivity contribution in [3.63, 3.8) is 0 Å². The van der Waals surface area contributed by atoms with Crippen molar-refractivity contribution in [2.45, 2.75) is 0 Å². The van der Waals surface area contributed by atoms with Crippen LogP contribution in [0.3, 0.4) is 0 Å². The molecular formula is C44H28O. The molecule has 0 amide bonds. The Bertz CT molecular complexity index is 3330. The highest BCUT2D eigenvalue weighted by Crippen LogP contribution is 2.46. The molecule has 0 N–H and O–H groups in total. The first-order chi connectivity index (χ1) is 29.0.